The predicted molar refractivity (Wildman–Crippen MR) is 120 cm³/mol. The molecule has 1 aliphatic rings. The average molecular weight is 448 g/mol. The van der Waals surface area contributed by atoms with Crippen LogP contribution in [-0.4, -0.2) is 54.0 Å². The molecule has 1 amide bonds. The largest absolute Gasteiger partial charge is 0.497 e. The van der Waals surface area contributed by atoms with E-state index in [1.807, 2.05) is 24.3 Å². The first kappa shape index (κ1) is 22.5. The number of aromatic nitrogens is 1. The smallest absolute Gasteiger partial charge is 0.223 e. The molecule has 1 atom stereocenters. The van der Waals surface area contributed by atoms with E-state index in [0.29, 0.717) is 49.8 Å². The van der Waals surface area contributed by atoms with E-state index in [0.717, 1.165) is 11.3 Å². The standard InChI is InChI=1S/C25H25FN4O3/c1-32-19-8-6-18(7-9-19)22(16-27)29-12-14-30(15-13-29)25(31)11-10-24-28-17-23(33-24)20-4-2-3-5-21(20)26/h2-9,17,22H,10-15H2,1H3. The number of aryl methyl sites for hydroxylation is 1. The fraction of sp³-hybridized carbons (Fsp3) is 0.320. The average Bonchev–Trinajstić information content (AvgIpc) is 3.33. The van der Waals surface area contributed by atoms with Crippen LogP contribution < -0.4 is 4.74 Å². The van der Waals surface area contributed by atoms with E-state index >= 15 is 0 Å². The molecule has 0 radical (unpaired) electrons. The monoisotopic (exact) mass is 448 g/mol. The summed E-state index contributed by atoms with van der Waals surface area (Å²) in [5, 5.41) is 9.70. The van der Waals surface area contributed by atoms with Gasteiger partial charge in [0.2, 0.25) is 5.91 Å². The zero-order valence-electron chi connectivity index (χ0n) is 18.4. The van der Waals surface area contributed by atoms with Gasteiger partial charge in [0.05, 0.1) is 24.9 Å². The first-order valence-corrected chi connectivity index (χ1v) is 10.8. The SMILES string of the molecule is COc1ccc(C(C#N)N2CCN(C(=O)CCc3ncc(-c4ccccc4F)o3)CC2)cc1. The van der Waals surface area contributed by atoms with Crippen molar-refractivity contribution in [1.29, 1.82) is 5.26 Å². The Hall–Kier alpha value is -3.70. The van der Waals surface area contributed by atoms with Crippen LogP contribution in [0.4, 0.5) is 4.39 Å². The molecule has 1 fully saturated rings. The number of nitriles is 1. The highest BCUT2D eigenvalue weighted by molar-refractivity contribution is 5.76. The van der Waals surface area contributed by atoms with E-state index in [1.54, 1.807) is 30.2 Å². The Balaban J connectivity index is 1.29. The second kappa shape index (κ2) is 10.3. The van der Waals surface area contributed by atoms with Crippen LogP contribution in [0.1, 0.15) is 23.9 Å². The zero-order chi connectivity index (χ0) is 23.2. The lowest BCUT2D eigenvalue weighted by Crippen LogP contribution is -2.49. The van der Waals surface area contributed by atoms with Crippen molar-refractivity contribution < 1.29 is 18.3 Å². The molecule has 1 aliphatic heterocycles. The molecule has 1 unspecified atom stereocenters. The van der Waals surface area contributed by atoms with Gasteiger partial charge in [-0.1, -0.05) is 24.3 Å². The van der Waals surface area contributed by atoms with Gasteiger partial charge in [0.1, 0.15) is 17.6 Å². The Morgan fingerprint density at radius 2 is 1.91 bits per heavy atom. The van der Waals surface area contributed by atoms with Gasteiger partial charge >= 0.3 is 0 Å². The fourth-order valence-corrected chi connectivity index (χ4v) is 3.97. The van der Waals surface area contributed by atoms with Crippen LogP contribution in [0.15, 0.2) is 59.1 Å². The van der Waals surface area contributed by atoms with Crippen molar-refractivity contribution in [2.75, 3.05) is 33.3 Å². The summed E-state index contributed by atoms with van der Waals surface area (Å²) in [5.41, 5.74) is 1.26. The summed E-state index contributed by atoms with van der Waals surface area (Å²) in [6.45, 7) is 2.34. The van der Waals surface area contributed by atoms with Crippen molar-refractivity contribution in [2.45, 2.75) is 18.9 Å². The van der Waals surface area contributed by atoms with Gasteiger partial charge in [-0.2, -0.15) is 5.26 Å². The number of piperazine rings is 1. The minimum atomic E-state index is -0.375. The molecular formula is C25H25FN4O3. The Bertz CT molecular complexity index is 1130. The quantitative estimate of drug-likeness (QED) is 0.546. The summed E-state index contributed by atoms with van der Waals surface area (Å²) in [4.78, 5) is 20.8. The van der Waals surface area contributed by atoms with Gasteiger partial charge in [0.25, 0.3) is 0 Å². The molecule has 2 heterocycles. The second-order valence-electron chi connectivity index (χ2n) is 7.82. The lowest BCUT2D eigenvalue weighted by Gasteiger charge is -2.37. The van der Waals surface area contributed by atoms with Crippen LogP contribution in [0.2, 0.25) is 0 Å². The van der Waals surface area contributed by atoms with Crippen LogP contribution in [-0.2, 0) is 11.2 Å². The fourth-order valence-electron chi connectivity index (χ4n) is 3.97. The summed E-state index contributed by atoms with van der Waals surface area (Å²) in [6, 6.07) is 15.8. The molecule has 0 N–H and O–H groups in total. The molecule has 1 saturated heterocycles. The molecule has 4 rings (SSSR count). The Morgan fingerprint density at radius 1 is 1.18 bits per heavy atom. The van der Waals surface area contributed by atoms with E-state index < -0.39 is 0 Å². The van der Waals surface area contributed by atoms with Crippen LogP contribution >= 0.6 is 0 Å². The lowest BCUT2D eigenvalue weighted by atomic mass is 10.1. The van der Waals surface area contributed by atoms with Crippen molar-refractivity contribution in [1.82, 2.24) is 14.8 Å². The maximum Gasteiger partial charge on any atom is 0.223 e. The molecule has 0 saturated carbocycles. The Labute approximate surface area is 192 Å². The third kappa shape index (κ3) is 5.21. The first-order valence-electron chi connectivity index (χ1n) is 10.8. The molecule has 1 aromatic heterocycles. The van der Waals surface area contributed by atoms with Gasteiger partial charge in [-0.3, -0.25) is 9.69 Å². The summed E-state index contributed by atoms with van der Waals surface area (Å²) in [7, 11) is 1.61. The Morgan fingerprint density at radius 3 is 2.58 bits per heavy atom. The van der Waals surface area contributed by atoms with Gasteiger partial charge < -0.3 is 14.1 Å². The number of benzene rings is 2. The van der Waals surface area contributed by atoms with Crippen LogP contribution in [0.25, 0.3) is 11.3 Å². The van der Waals surface area contributed by atoms with E-state index in [-0.39, 0.29) is 24.2 Å². The Kier molecular flexibility index (Phi) is 7.01. The third-order valence-electron chi connectivity index (χ3n) is 5.83. The molecular weight excluding hydrogens is 423 g/mol. The number of methoxy groups -OCH3 is 1. The van der Waals surface area contributed by atoms with Crippen molar-refractivity contribution in [3.63, 3.8) is 0 Å². The summed E-state index contributed by atoms with van der Waals surface area (Å²) >= 11 is 0. The lowest BCUT2D eigenvalue weighted by molar-refractivity contribution is -0.133. The number of hydrogen-bond donors (Lipinski definition) is 0. The molecule has 0 aliphatic carbocycles. The second-order valence-corrected chi connectivity index (χ2v) is 7.82. The van der Waals surface area contributed by atoms with E-state index in [9.17, 15) is 14.4 Å². The molecule has 7 nitrogen and oxygen atoms in total. The van der Waals surface area contributed by atoms with Crippen LogP contribution in [0.5, 0.6) is 5.75 Å². The van der Waals surface area contributed by atoms with Gasteiger partial charge in [0, 0.05) is 39.0 Å². The molecule has 0 spiro atoms. The number of carbonyl (C=O) groups is 1. The van der Waals surface area contributed by atoms with Crippen molar-refractivity contribution in [2.24, 2.45) is 0 Å². The van der Waals surface area contributed by atoms with Gasteiger partial charge in [-0.05, 0) is 29.8 Å². The van der Waals surface area contributed by atoms with Crippen molar-refractivity contribution >= 4 is 5.91 Å². The minimum Gasteiger partial charge on any atom is -0.497 e. The van der Waals surface area contributed by atoms with E-state index in [4.69, 9.17) is 9.15 Å². The summed E-state index contributed by atoms with van der Waals surface area (Å²) < 4.78 is 24.7. The molecule has 170 valence electrons. The number of amides is 1. The maximum atomic E-state index is 13.9. The van der Waals surface area contributed by atoms with Crippen molar-refractivity contribution in [3.05, 3.63) is 72.0 Å². The molecule has 3 aromatic rings. The zero-order valence-corrected chi connectivity index (χ0v) is 18.4. The summed E-state index contributed by atoms with van der Waals surface area (Å²) in [6.07, 6.45) is 2.09. The number of hydrogen-bond acceptors (Lipinski definition) is 6. The maximum absolute atomic E-state index is 13.9. The minimum absolute atomic E-state index is 0.0123. The molecule has 0 bridgehead atoms. The van der Waals surface area contributed by atoms with E-state index in [1.165, 1.54) is 12.3 Å². The first-order chi connectivity index (χ1) is 16.1. The predicted octanol–water partition coefficient (Wildman–Crippen LogP) is 3.83. The highest BCUT2D eigenvalue weighted by atomic mass is 19.1. The topological polar surface area (TPSA) is 82.6 Å². The van der Waals surface area contributed by atoms with E-state index in [2.05, 4.69) is 16.0 Å². The molecule has 33 heavy (non-hydrogen) atoms. The van der Waals surface area contributed by atoms with Crippen LogP contribution in [0, 0.1) is 17.1 Å². The summed E-state index contributed by atoms with van der Waals surface area (Å²) in [5.74, 6) is 1.14. The highest BCUT2D eigenvalue weighted by Gasteiger charge is 2.27. The van der Waals surface area contributed by atoms with Crippen molar-refractivity contribution in [3.8, 4) is 23.1 Å². The number of ether oxygens (including phenoxy) is 1. The third-order valence-corrected chi connectivity index (χ3v) is 5.83. The van der Waals surface area contributed by atoms with Gasteiger partial charge in [-0.25, -0.2) is 9.37 Å². The number of halogens is 1. The number of carbonyl (C=O) groups excluding carboxylic acids is 1. The molecule has 2 aromatic carbocycles. The van der Waals surface area contributed by atoms with Crippen LogP contribution in [0.3, 0.4) is 0 Å². The van der Waals surface area contributed by atoms with Gasteiger partial charge in [0.15, 0.2) is 11.7 Å². The highest BCUT2D eigenvalue weighted by Crippen LogP contribution is 2.25. The number of oxazole rings is 1. The molecule has 8 heteroatoms. The van der Waals surface area contributed by atoms with Gasteiger partial charge in [-0.15, -0.1) is 0 Å². The number of rotatable bonds is 7. The normalized spacial score (nSPS) is 15.1. The number of nitrogens with zero attached hydrogens (tertiary/aromatic N) is 4.